The van der Waals surface area contributed by atoms with Gasteiger partial charge in [0.2, 0.25) is 0 Å². The molecule has 0 radical (unpaired) electrons. The van der Waals surface area contributed by atoms with Crippen LogP contribution in [-0.4, -0.2) is 55.1 Å². The summed E-state index contributed by atoms with van der Waals surface area (Å²) in [5.41, 5.74) is 2.64. The Kier molecular flexibility index (Phi) is 9.35. The Bertz CT molecular complexity index is 1110. The van der Waals surface area contributed by atoms with Crippen LogP contribution >= 0.6 is 0 Å². The van der Waals surface area contributed by atoms with Gasteiger partial charge in [0.05, 0.1) is 13.0 Å². The predicted octanol–water partition coefficient (Wildman–Crippen LogP) is 4.56. The van der Waals surface area contributed by atoms with Gasteiger partial charge in [-0.3, -0.25) is 15.5 Å². The number of alkyl carbamates (subject to hydrolysis) is 1. The molecular weight excluding hydrogens is 484 g/mol. The zero-order valence-electron chi connectivity index (χ0n) is 21.8. The van der Waals surface area contributed by atoms with Crippen molar-refractivity contribution in [1.82, 2.24) is 15.5 Å². The monoisotopic (exact) mass is 520 g/mol. The second-order valence-corrected chi connectivity index (χ2v) is 9.97. The van der Waals surface area contributed by atoms with Crippen LogP contribution in [0.5, 0.6) is 0 Å². The topological polar surface area (TPSA) is 121 Å². The van der Waals surface area contributed by atoms with E-state index in [4.69, 9.17) is 14.9 Å². The highest BCUT2D eigenvalue weighted by Gasteiger charge is 2.30. The number of ether oxygens (including phenoxy) is 2. The molecule has 202 valence electrons. The van der Waals surface area contributed by atoms with Crippen LogP contribution in [0, 0.1) is 11.3 Å². The number of nitrogens with one attached hydrogen (secondary N) is 3. The van der Waals surface area contributed by atoms with Crippen LogP contribution in [0.2, 0.25) is 0 Å². The minimum absolute atomic E-state index is 0.0123. The van der Waals surface area contributed by atoms with E-state index in [0.29, 0.717) is 24.6 Å². The Balaban J connectivity index is 1.18. The van der Waals surface area contributed by atoms with E-state index in [0.717, 1.165) is 49.7 Å². The van der Waals surface area contributed by atoms with Crippen molar-refractivity contribution in [2.24, 2.45) is 5.92 Å². The maximum Gasteiger partial charge on any atom is 0.413 e. The average Bonchev–Trinajstić information content (AvgIpc) is 2.96. The molecule has 2 aliphatic rings. The Morgan fingerprint density at radius 2 is 1.58 bits per heavy atom. The van der Waals surface area contributed by atoms with Crippen molar-refractivity contribution >= 4 is 23.9 Å². The van der Waals surface area contributed by atoms with Gasteiger partial charge in [-0.15, -0.1) is 0 Å². The van der Waals surface area contributed by atoms with Gasteiger partial charge in [-0.2, -0.15) is 0 Å². The lowest BCUT2D eigenvalue weighted by atomic mass is 9.86. The van der Waals surface area contributed by atoms with Crippen molar-refractivity contribution in [3.8, 4) is 0 Å². The third-order valence-corrected chi connectivity index (χ3v) is 7.48. The maximum absolute atomic E-state index is 12.8. The van der Waals surface area contributed by atoms with Crippen molar-refractivity contribution in [2.45, 2.75) is 57.1 Å². The molecule has 9 nitrogen and oxygen atoms in total. The van der Waals surface area contributed by atoms with Crippen molar-refractivity contribution in [2.75, 3.05) is 20.2 Å². The molecule has 0 spiro atoms. The lowest BCUT2D eigenvalue weighted by molar-refractivity contribution is -0.146. The summed E-state index contributed by atoms with van der Waals surface area (Å²) in [6.45, 7) is 1.51. The number of hydrogen-bond donors (Lipinski definition) is 3. The van der Waals surface area contributed by atoms with Crippen molar-refractivity contribution < 1.29 is 23.9 Å². The quantitative estimate of drug-likeness (QED) is 0.293. The van der Waals surface area contributed by atoms with Gasteiger partial charge in [0.1, 0.15) is 12.4 Å². The predicted molar refractivity (Wildman–Crippen MR) is 143 cm³/mol. The van der Waals surface area contributed by atoms with Crippen LogP contribution < -0.4 is 10.6 Å². The summed E-state index contributed by atoms with van der Waals surface area (Å²) >= 11 is 0. The third-order valence-electron chi connectivity index (χ3n) is 7.48. The molecule has 1 saturated heterocycles. The second-order valence-electron chi connectivity index (χ2n) is 9.97. The molecule has 3 N–H and O–H groups in total. The van der Waals surface area contributed by atoms with E-state index in [2.05, 4.69) is 10.6 Å². The SMILES string of the molecule is COC(=O)[C@H]1CC[C@H](NC(=O)N2CCC(c3ccc(C(=N)NC(=O)OCc4ccccc4)cc3)CC2)CC1. The highest BCUT2D eigenvalue weighted by molar-refractivity contribution is 6.04. The summed E-state index contributed by atoms with van der Waals surface area (Å²) in [7, 11) is 1.42. The average molecular weight is 521 g/mol. The first-order valence-corrected chi connectivity index (χ1v) is 13.2. The zero-order valence-corrected chi connectivity index (χ0v) is 21.8. The van der Waals surface area contributed by atoms with Crippen molar-refractivity contribution in [3.63, 3.8) is 0 Å². The molecule has 1 aliphatic carbocycles. The van der Waals surface area contributed by atoms with E-state index in [1.807, 2.05) is 59.5 Å². The number of rotatable bonds is 6. The molecule has 4 rings (SSSR count). The van der Waals surface area contributed by atoms with Gasteiger partial charge in [-0.1, -0.05) is 54.6 Å². The Hall–Kier alpha value is -3.88. The van der Waals surface area contributed by atoms with Gasteiger partial charge in [0.15, 0.2) is 0 Å². The van der Waals surface area contributed by atoms with E-state index in [1.165, 1.54) is 7.11 Å². The van der Waals surface area contributed by atoms with E-state index >= 15 is 0 Å². The number of amides is 3. The first-order chi connectivity index (χ1) is 18.4. The summed E-state index contributed by atoms with van der Waals surface area (Å²) in [5.74, 6) is 0.117. The maximum atomic E-state index is 12.8. The fourth-order valence-electron chi connectivity index (χ4n) is 5.18. The van der Waals surface area contributed by atoms with Crippen LogP contribution in [-0.2, 0) is 20.9 Å². The number of likely N-dealkylation sites (tertiary alicyclic amines) is 1. The van der Waals surface area contributed by atoms with Gasteiger partial charge in [0.25, 0.3) is 0 Å². The number of nitrogens with zero attached hydrogens (tertiary/aromatic N) is 1. The second kappa shape index (κ2) is 13.1. The van der Waals surface area contributed by atoms with E-state index in [9.17, 15) is 14.4 Å². The van der Waals surface area contributed by atoms with Crippen LogP contribution in [0.4, 0.5) is 9.59 Å². The van der Waals surface area contributed by atoms with Crippen molar-refractivity contribution in [1.29, 1.82) is 5.41 Å². The van der Waals surface area contributed by atoms with Crippen molar-refractivity contribution in [3.05, 3.63) is 71.3 Å². The summed E-state index contributed by atoms with van der Waals surface area (Å²) < 4.78 is 10.0. The van der Waals surface area contributed by atoms with Gasteiger partial charge in [-0.25, -0.2) is 9.59 Å². The molecule has 1 heterocycles. The molecule has 1 aliphatic heterocycles. The number of carbonyl (C=O) groups is 3. The van der Waals surface area contributed by atoms with Gasteiger partial charge in [-0.05, 0) is 55.6 Å². The van der Waals surface area contributed by atoms with Crippen LogP contribution in [0.1, 0.15) is 61.1 Å². The van der Waals surface area contributed by atoms with Gasteiger partial charge < -0.3 is 19.7 Å². The molecule has 38 heavy (non-hydrogen) atoms. The molecule has 1 saturated carbocycles. The number of urea groups is 1. The fraction of sp³-hybridized carbons (Fsp3) is 0.448. The lowest BCUT2D eigenvalue weighted by Crippen LogP contribution is -2.48. The molecule has 0 aromatic heterocycles. The van der Waals surface area contributed by atoms with Crippen LogP contribution in [0.3, 0.4) is 0 Å². The summed E-state index contributed by atoms with van der Waals surface area (Å²) in [5, 5.41) is 13.8. The van der Waals surface area contributed by atoms with Gasteiger partial charge in [0, 0.05) is 24.7 Å². The molecule has 0 bridgehead atoms. The van der Waals surface area contributed by atoms with Crippen LogP contribution in [0.15, 0.2) is 54.6 Å². The zero-order chi connectivity index (χ0) is 26.9. The standard InChI is InChI=1S/C29H36N4O5/c1-37-27(34)24-11-13-25(14-12-24)31-28(35)33-17-15-22(16-18-33)21-7-9-23(10-8-21)26(30)32-29(36)38-19-20-5-3-2-4-6-20/h2-10,22,24-25H,11-19H2,1H3,(H,31,35)(H2,30,32,36)/t24-,25-. The third kappa shape index (κ3) is 7.34. The lowest BCUT2D eigenvalue weighted by Gasteiger charge is -2.34. The number of piperidine rings is 1. The van der Waals surface area contributed by atoms with E-state index in [1.54, 1.807) is 0 Å². The first-order valence-electron chi connectivity index (χ1n) is 13.2. The number of amidine groups is 1. The molecule has 2 aromatic carbocycles. The Labute approximate surface area is 223 Å². The Morgan fingerprint density at radius 1 is 0.921 bits per heavy atom. The first kappa shape index (κ1) is 27.2. The number of hydrogen-bond acceptors (Lipinski definition) is 6. The molecule has 9 heteroatoms. The normalized spacial score (nSPS) is 19.8. The summed E-state index contributed by atoms with van der Waals surface area (Å²) in [6, 6.07) is 17.1. The smallest absolute Gasteiger partial charge is 0.413 e. The largest absolute Gasteiger partial charge is 0.469 e. The molecule has 2 fully saturated rings. The molecule has 2 aromatic rings. The fourth-order valence-corrected chi connectivity index (χ4v) is 5.18. The van der Waals surface area contributed by atoms with E-state index in [-0.39, 0.29) is 36.4 Å². The molecule has 0 atom stereocenters. The number of carbonyl (C=O) groups excluding carboxylic acids is 3. The summed E-state index contributed by atoms with van der Waals surface area (Å²) in [4.78, 5) is 38.4. The Morgan fingerprint density at radius 3 is 2.21 bits per heavy atom. The number of benzene rings is 2. The molecule has 3 amide bonds. The minimum atomic E-state index is -0.662. The molecule has 0 unspecified atom stereocenters. The minimum Gasteiger partial charge on any atom is -0.469 e. The summed E-state index contributed by atoms with van der Waals surface area (Å²) in [6.07, 6.45) is 4.15. The highest BCUT2D eigenvalue weighted by Crippen LogP contribution is 2.29. The van der Waals surface area contributed by atoms with Crippen LogP contribution in [0.25, 0.3) is 0 Å². The van der Waals surface area contributed by atoms with E-state index < -0.39 is 6.09 Å². The number of esters is 1. The highest BCUT2D eigenvalue weighted by atomic mass is 16.5. The number of methoxy groups -OCH3 is 1. The van der Waals surface area contributed by atoms with Gasteiger partial charge >= 0.3 is 18.1 Å². The molecular formula is C29H36N4O5.